The summed E-state index contributed by atoms with van der Waals surface area (Å²) in [6.45, 7) is 4.24. The predicted molar refractivity (Wildman–Crippen MR) is 79.0 cm³/mol. The molecule has 1 unspecified atom stereocenters. The molecule has 0 saturated heterocycles. The first-order valence-electron chi connectivity index (χ1n) is 5.88. The van der Waals surface area contributed by atoms with E-state index in [4.69, 9.17) is 17.4 Å². The first-order chi connectivity index (χ1) is 8.61. The minimum Gasteiger partial charge on any atom is -0.271 e. The van der Waals surface area contributed by atoms with Gasteiger partial charge in [0.05, 0.1) is 10.4 Å². The van der Waals surface area contributed by atoms with Crippen molar-refractivity contribution in [3.8, 4) is 0 Å². The maximum Gasteiger partial charge on any atom is 0.0931 e. The predicted octanol–water partition coefficient (Wildman–Crippen LogP) is 3.77. The van der Waals surface area contributed by atoms with E-state index in [9.17, 15) is 0 Å². The maximum atomic E-state index is 5.96. The highest BCUT2D eigenvalue weighted by Gasteiger charge is 2.16. The summed E-state index contributed by atoms with van der Waals surface area (Å²) in [6.07, 6.45) is 0.861. The average Bonchev–Trinajstić information content (AvgIpc) is 2.73. The molecule has 4 heteroatoms. The van der Waals surface area contributed by atoms with Gasteiger partial charge in [-0.2, -0.15) is 0 Å². The summed E-state index contributed by atoms with van der Waals surface area (Å²) >= 11 is 7.57. The molecule has 1 atom stereocenters. The average molecular weight is 281 g/mol. The van der Waals surface area contributed by atoms with Crippen LogP contribution in [0, 0.1) is 13.8 Å². The minimum atomic E-state index is 0.126. The molecule has 0 aliphatic rings. The fourth-order valence-corrected chi connectivity index (χ4v) is 3.42. The van der Waals surface area contributed by atoms with Gasteiger partial charge in [-0.25, -0.2) is 0 Å². The van der Waals surface area contributed by atoms with Crippen LogP contribution in [0.1, 0.15) is 27.6 Å². The molecular weight excluding hydrogens is 264 g/mol. The first-order valence-corrected chi connectivity index (χ1v) is 7.07. The fourth-order valence-electron chi connectivity index (χ4n) is 2.28. The molecule has 0 amide bonds. The van der Waals surface area contributed by atoms with Gasteiger partial charge >= 0.3 is 0 Å². The Hall–Kier alpha value is -0.870. The van der Waals surface area contributed by atoms with E-state index in [0.717, 1.165) is 10.8 Å². The van der Waals surface area contributed by atoms with Crippen molar-refractivity contribution in [2.75, 3.05) is 0 Å². The van der Waals surface area contributed by atoms with Crippen LogP contribution in [0.15, 0.2) is 30.3 Å². The number of nitrogens with two attached hydrogens (primary N) is 1. The largest absolute Gasteiger partial charge is 0.271 e. The molecule has 1 aromatic carbocycles. The summed E-state index contributed by atoms with van der Waals surface area (Å²) in [5.41, 5.74) is 6.73. The Morgan fingerprint density at radius 3 is 2.39 bits per heavy atom. The molecule has 0 saturated carbocycles. The second-order valence-corrected chi connectivity index (χ2v) is 6.23. The van der Waals surface area contributed by atoms with Crippen molar-refractivity contribution in [2.45, 2.75) is 26.3 Å². The molecule has 0 spiro atoms. The maximum absolute atomic E-state index is 5.96. The Bertz CT molecular complexity index is 516. The highest BCUT2D eigenvalue weighted by atomic mass is 35.5. The quantitative estimate of drug-likeness (QED) is 0.661. The highest BCUT2D eigenvalue weighted by molar-refractivity contribution is 7.16. The summed E-state index contributed by atoms with van der Waals surface area (Å²) in [5.74, 6) is 5.72. The highest BCUT2D eigenvalue weighted by Crippen LogP contribution is 2.29. The van der Waals surface area contributed by atoms with Gasteiger partial charge < -0.3 is 0 Å². The van der Waals surface area contributed by atoms with Crippen LogP contribution in [0.5, 0.6) is 0 Å². The molecule has 1 aromatic heterocycles. The molecule has 2 rings (SSSR count). The van der Waals surface area contributed by atoms with Crippen LogP contribution in [-0.4, -0.2) is 0 Å². The second-order valence-electron chi connectivity index (χ2n) is 4.43. The van der Waals surface area contributed by atoms with Gasteiger partial charge in [0.15, 0.2) is 0 Å². The van der Waals surface area contributed by atoms with E-state index in [2.05, 4.69) is 43.5 Å². The van der Waals surface area contributed by atoms with Crippen LogP contribution in [0.4, 0.5) is 0 Å². The summed E-state index contributed by atoms with van der Waals surface area (Å²) in [6, 6.07) is 10.4. The van der Waals surface area contributed by atoms with Crippen LogP contribution in [0.25, 0.3) is 0 Å². The van der Waals surface area contributed by atoms with Crippen molar-refractivity contribution in [3.05, 3.63) is 56.2 Å². The van der Waals surface area contributed by atoms with Crippen molar-refractivity contribution in [3.63, 3.8) is 0 Å². The van der Waals surface area contributed by atoms with Crippen molar-refractivity contribution >= 4 is 22.9 Å². The lowest BCUT2D eigenvalue weighted by Crippen LogP contribution is -2.30. The number of benzene rings is 1. The van der Waals surface area contributed by atoms with Crippen molar-refractivity contribution in [1.29, 1.82) is 0 Å². The van der Waals surface area contributed by atoms with E-state index in [1.807, 2.05) is 6.07 Å². The lowest BCUT2D eigenvalue weighted by molar-refractivity contribution is 0.550. The van der Waals surface area contributed by atoms with Crippen LogP contribution in [0.3, 0.4) is 0 Å². The molecule has 0 radical (unpaired) electrons. The van der Waals surface area contributed by atoms with E-state index >= 15 is 0 Å². The Morgan fingerprint density at radius 1 is 1.22 bits per heavy atom. The van der Waals surface area contributed by atoms with Crippen LogP contribution < -0.4 is 11.3 Å². The first kappa shape index (κ1) is 13.6. The van der Waals surface area contributed by atoms with Crippen LogP contribution >= 0.6 is 22.9 Å². The molecule has 0 aliphatic carbocycles. The number of hydrogen-bond donors (Lipinski definition) is 2. The summed E-state index contributed by atoms with van der Waals surface area (Å²) in [5, 5.41) is 0. The molecule has 96 valence electrons. The Balaban J connectivity index is 2.28. The Kier molecular flexibility index (Phi) is 4.40. The zero-order valence-corrected chi connectivity index (χ0v) is 12.1. The molecule has 1 heterocycles. The summed E-state index contributed by atoms with van der Waals surface area (Å²) in [7, 11) is 0. The second kappa shape index (κ2) is 5.85. The summed E-state index contributed by atoms with van der Waals surface area (Å²) in [4.78, 5) is 1.24. The number of rotatable bonds is 4. The number of nitrogens with one attached hydrogen (secondary N) is 1. The van der Waals surface area contributed by atoms with Gasteiger partial charge in [0.1, 0.15) is 0 Å². The smallest absolute Gasteiger partial charge is 0.0931 e. The van der Waals surface area contributed by atoms with Crippen LogP contribution in [-0.2, 0) is 6.42 Å². The third-order valence-corrected chi connectivity index (χ3v) is 4.38. The topological polar surface area (TPSA) is 38.0 Å². The van der Waals surface area contributed by atoms with Gasteiger partial charge in [0.25, 0.3) is 0 Å². The van der Waals surface area contributed by atoms with E-state index in [-0.39, 0.29) is 6.04 Å². The van der Waals surface area contributed by atoms with Crippen molar-refractivity contribution in [2.24, 2.45) is 5.84 Å². The number of thiophene rings is 1. The third-order valence-electron chi connectivity index (χ3n) is 3.13. The normalized spacial score (nSPS) is 12.7. The van der Waals surface area contributed by atoms with Gasteiger partial charge in [-0.05, 0) is 42.7 Å². The lowest BCUT2D eigenvalue weighted by Gasteiger charge is -2.20. The van der Waals surface area contributed by atoms with Gasteiger partial charge in [-0.3, -0.25) is 11.3 Å². The minimum absolute atomic E-state index is 0.126. The number of halogens is 1. The molecule has 0 bridgehead atoms. The van der Waals surface area contributed by atoms with Gasteiger partial charge in [0.2, 0.25) is 0 Å². The van der Waals surface area contributed by atoms with E-state index < -0.39 is 0 Å². The van der Waals surface area contributed by atoms with Crippen LogP contribution in [0.2, 0.25) is 4.34 Å². The Labute approximate surface area is 117 Å². The van der Waals surface area contributed by atoms with E-state index in [1.54, 1.807) is 11.3 Å². The van der Waals surface area contributed by atoms with Crippen molar-refractivity contribution in [1.82, 2.24) is 5.43 Å². The third kappa shape index (κ3) is 2.93. The molecule has 0 aliphatic heterocycles. The zero-order chi connectivity index (χ0) is 13.1. The van der Waals surface area contributed by atoms with E-state index in [1.165, 1.54) is 21.6 Å². The summed E-state index contributed by atoms with van der Waals surface area (Å²) < 4.78 is 0.822. The molecule has 2 nitrogen and oxygen atoms in total. The number of hydrogen-bond acceptors (Lipinski definition) is 3. The SMILES string of the molecule is Cc1cccc(C)c1C(Cc1ccc(Cl)s1)NN. The van der Waals surface area contributed by atoms with Crippen molar-refractivity contribution < 1.29 is 0 Å². The van der Waals surface area contributed by atoms with Gasteiger partial charge in [0, 0.05) is 11.3 Å². The van der Waals surface area contributed by atoms with E-state index in [0.29, 0.717) is 0 Å². The molecule has 3 N–H and O–H groups in total. The monoisotopic (exact) mass is 280 g/mol. The number of hydrazine groups is 1. The van der Waals surface area contributed by atoms with Gasteiger partial charge in [-0.15, -0.1) is 11.3 Å². The zero-order valence-electron chi connectivity index (χ0n) is 10.5. The van der Waals surface area contributed by atoms with Gasteiger partial charge in [-0.1, -0.05) is 29.8 Å². The Morgan fingerprint density at radius 2 is 1.89 bits per heavy atom. The fraction of sp³-hybridized carbons (Fsp3) is 0.286. The molecular formula is C14H17ClN2S. The molecule has 2 aromatic rings. The lowest BCUT2D eigenvalue weighted by atomic mass is 9.94. The molecule has 18 heavy (non-hydrogen) atoms. The standard InChI is InChI=1S/C14H17ClN2S/c1-9-4-3-5-10(2)14(9)12(17-16)8-11-6-7-13(15)18-11/h3-7,12,17H,8,16H2,1-2H3. The molecule has 0 fully saturated rings. The number of aryl methyl sites for hydroxylation is 2.